The molecule has 0 heterocycles. The van der Waals surface area contributed by atoms with Crippen molar-refractivity contribution in [3.05, 3.63) is 29.8 Å². The Kier molecular flexibility index (Phi) is 5.27. The summed E-state index contributed by atoms with van der Waals surface area (Å²) in [4.78, 5) is 12.5. The van der Waals surface area contributed by atoms with Crippen molar-refractivity contribution in [2.24, 2.45) is 17.8 Å². The quantitative estimate of drug-likeness (QED) is 0.775. The molecule has 0 aromatic heterocycles. The van der Waals surface area contributed by atoms with E-state index in [4.69, 9.17) is 9.47 Å². The fraction of sp³-hybridized carbons (Fsp3) is 0.611. The number of carbonyl (C=O) groups excluding carboxylic acids is 1. The van der Waals surface area contributed by atoms with E-state index in [1.165, 1.54) is 6.42 Å². The predicted molar refractivity (Wildman–Crippen MR) is 83.5 cm³/mol. The largest absolute Gasteiger partial charge is 0.496 e. The molecule has 1 aliphatic carbocycles. The molecule has 1 aromatic rings. The SMILES string of the molecule is COc1ccccc1C(=O)O[C@@H]1C[C@H](C)CC[C@@H]1C(C)C. The maximum atomic E-state index is 12.5. The topological polar surface area (TPSA) is 35.5 Å². The first-order valence-corrected chi connectivity index (χ1v) is 7.87. The summed E-state index contributed by atoms with van der Waals surface area (Å²) >= 11 is 0. The van der Waals surface area contributed by atoms with Crippen LogP contribution in [0.4, 0.5) is 0 Å². The number of carbonyl (C=O) groups is 1. The maximum absolute atomic E-state index is 12.5. The van der Waals surface area contributed by atoms with Crippen LogP contribution in [0.5, 0.6) is 5.75 Å². The molecule has 1 fully saturated rings. The molecule has 3 atom stereocenters. The van der Waals surface area contributed by atoms with E-state index in [9.17, 15) is 4.79 Å². The van der Waals surface area contributed by atoms with Gasteiger partial charge < -0.3 is 9.47 Å². The molecular weight excluding hydrogens is 264 g/mol. The summed E-state index contributed by atoms with van der Waals surface area (Å²) < 4.78 is 11.1. The van der Waals surface area contributed by atoms with Crippen molar-refractivity contribution in [3.63, 3.8) is 0 Å². The molecule has 3 heteroatoms. The average molecular weight is 290 g/mol. The van der Waals surface area contributed by atoms with Crippen molar-refractivity contribution < 1.29 is 14.3 Å². The van der Waals surface area contributed by atoms with Crippen molar-refractivity contribution in [2.75, 3.05) is 7.11 Å². The van der Waals surface area contributed by atoms with E-state index in [-0.39, 0.29) is 12.1 Å². The smallest absolute Gasteiger partial charge is 0.342 e. The van der Waals surface area contributed by atoms with Crippen molar-refractivity contribution in [2.45, 2.75) is 46.1 Å². The molecule has 0 radical (unpaired) electrons. The first-order chi connectivity index (χ1) is 10.0. The monoisotopic (exact) mass is 290 g/mol. The van der Waals surface area contributed by atoms with E-state index >= 15 is 0 Å². The van der Waals surface area contributed by atoms with Crippen molar-refractivity contribution >= 4 is 5.97 Å². The van der Waals surface area contributed by atoms with Gasteiger partial charge in [-0.05, 0) is 42.7 Å². The van der Waals surface area contributed by atoms with Crippen LogP contribution in [0.25, 0.3) is 0 Å². The van der Waals surface area contributed by atoms with Crippen LogP contribution in [-0.2, 0) is 4.74 Å². The lowest BCUT2D eigenvalue weighted by Gasteiger charge is -2.36. The normalized spacial score (nSPS) is 25.7. The third-order valence-electron chi connectivity index (χ3n) is 4.55. The van der Waals surface area contributed by atoms with Gasteiger partial charge in [0, 0.05) is 0 Å². The van der Waals surface area contributed by atoms with Gasteiger partial charge in [-0.2, -0.15) is 0 Å². The minimum absolute atomic E-state index is 0.0196. The molecular formula is C18H26O3. The Hall–Kier alpha value is -1.51. The minimum atomic E-state index is -0.266. The molecule has 21 heavy (non-hydrogen) atoms. The third-order valence-corrected chi connectivity index (χ3v) is 4.55. The summed E-state index contributed by atoms with van der Waals surface area (Å²) in [6.07, 6.45) is 3.35. The molecule has 1 saturated carbocycles. The highest BCUT2D eigenvalue weighted by Crippen LogP contribution is 2.36. The molecule has 1 aliphatic rings. The highest BCUT2D eigenvalue weighted by molar-refractivity contribution is 5.92. The highest BCUT2D eigenvalue weighted by atomic mass is 16.5. The number of esters is 1. The maximum Gasteiger partial charge on any atom is 0.342 e. The second kappa shape index (κ2) is 6.97. The van der Waals surface area contributed by atoms with Gasteiger partial charge in [-0.3, -0.25) is 0 Å². The molecule has 0 N–H and O–H groups in total. The van der Waals surface area contributed by atoms with Crippen molar-refractivity contribution in [3.8, 4) is 5.75 Å². The predicted octanol–water partition coefficient (Wildman–Crippen LogP) is 4.31. The Morgan fingerprint density at radius 2 is 1.95 bits per heavy atom. The van der Waals surface area contributed by atoms with Crippen molar-refractivity contribution in [1.82, 2.24) is 0 Å². The molecule has 0 bridgehead atoms. The second-order valence-electron chi connectivity index (χ2n) is 6.47. The van der Waals surface area contributed by atoms with E-state index in [2.05, 4.69) is 20.8 Å². The van der Waals surface area contributed by atoms with Crippen LogP contribution in [0.15, 0.2) is 24.3 Å². The first kappa shape index (κ1) is 15.9. The van der Waals surface area contributed by atoms with Gasteiger partial charge >= 0.3 is 5.97 Å². The van der Waals surface area contributed by atoms with Crippen LogP contribution in [0.1, 0.15) is 50.4 Å². The zero-order valence-electron chi connectivity index (χ0n) is 13.5. The van der Waals surface area contributed by atoms with Crippen LogP contribution >= 0.6 is 0 Å². The minimum Gasteiger partial charge on any atom is -0.496 e. The second-order valence-corrected chi connectivity index (χ2v) is 6.47. The van der Waals surface area contributed by atoms with E-state index < -0.39 is 0 Å². The number of benzene rings is 1. The standard InChI is InChI=1S/C18H26O3/c1-12(2)14-10-9-13(3)11-17(14)21-18(19)15-7-5-6-8-16(15)20-4/h5-8,12-14,17H,9-11H2,1-4H3/t13-,14-,17-/m1/s1. The Bertz CT molecular complexity index is 481. The third kappa shape index (κ3) is 3.78. The fourth-order valence-corrected chi connectivity index (χ4v) is 3.26. The Morgan fingerprint density at radius 1 is 1.24 bits per heavy atom. The first-order valence-electron chi connectivity index (χ1n) is 7.87. The number of ether oxygens (including phenoxy) is 2. The Balaban J connectivity index is 2.12. The molecule has 0 aliphatic heterocycles. The molecule has 0 unspecified atom stereocenters. The summed E-state index contributed by atoms with van der Waals surface area (Å²) in [7, 11) is 1.58. The summed E-state index contributed by atoms with van der Waals surface area (Å²) in [6.45, 7) is 6.66. The van der Waals surface area contributed by atoms with E-state index in [0.29, 0.717) is 29.1 Å². The van der Waals surface area contributed by atoms with Gasteiger partial charge in [0.2, 0.25) is 0 Å². The van der Waals surface area contributed by atoms with Crippen molar-refractivity contribution in [1.29, 1.82) is 0 Å². The number of rotatable bonds is 4. The summed E-state index contributed by atoms with van der Waals surface area (Å²) in [5.74, 6) is 1.92. The lowest BCUT2D eigenvalue weighted by Crippen LogP contribution is -2.35. The van der Waals surface area contributed by atoms with Gasteiger partial charge in [0.15, 0.2) is 0 Å². The molecule has 0 saturated heterocycles. The number of methoxy groups -OCH3 is 1. The molecule has 116 valence electrons. The molecule has 0 spiro atoms. The van der Waals surface area contributed by atoms with Crippen LogP contribution in [0.2, 0.25) is 0 Å². The molecule has 1 aromatic carbocycles. The van der Waals surface area contributed by atoms with Crippen LogP contribution in [0.3, 0.4) is 0 Å². The summed E-state index contributed by atoms with van der Waals surface area (Å²) in [6, 6.07) is 7.25. The zero-order chi connectivity index (χ0) is 15.4. The van der Waals surface area contributed by atoms with Gasteiger partial charge in [-0.15, -0.1) is 0 Å². The summed E-state index contributed by atoms with van der Waals surface area (Å²) in [5, 5.41) is 0. The van der Waals surface area contributed by atoms with Gasteiger partial charge in [-0.1, -0.05) is 39.3 Å². The van der Waals surface area contributed by atoms with E-state index in [1.54, 1.807) is 19.2 Å². The Morgan fingerprint density at radius 3 is 2.62 bits per heavy atom. The van der Waals surface area contributed by atoms with Crippen LogP contribution in [-0.4, -0.2) is 19.2 Å². The fourth-order valence-electron chi connectivity index (χ4n) is 3.26. The van der Waals surface area contributed by atoms with Gasteiger partial charge in [0.05, 0.1) is 7.11 Å². The van der Waals surface area contributed by atoms with Gasteiger partial charge in [-0.25, -0.2) is 4.79 Å². The highest BCUT2D eigenvalue weighted by Gasteiger charge is 2.33. The summed E-state index contributed by atoms with van der Waals surface area (Å²) in [5.41, 5.74) is 0.515. The van der Waals surface area contributed by atoms with Gasteiger partial charge in [0.1, 0.15) is 17.4 Å². The molecule has 0 amide bonds. The van der Waals surface area contributed by atoms with Crippen LogP contribution in [0, 0.1) is 17.8 Å². The number of hydrogen-bond acceptors (Lipinski definition) is 3. The molecule has 3 nitrogen and oxygen atoms in total. The van der Waals surface area contributed by atoms with E-state index in [1.807, 2.05) is 12.1 Å². The average Bonchev–Trinajstić information content (AvgIpc) is 2.46. The number of para-hydroxylation sites is 1. The van der Waals surface area contributed by atoms with Gasteiger partial charge in [0.25, 0.3) is 0 Å². The Labute approximate surface area is 127 Å². The zero-order valence-corrected chi connectivity index (χ0v) is 13.5. The van der Waals surface area contributed by atoms with Crippen LogP contribution < -0.4 is 4.74 Å². The lowest BCUT2D eigenvalue weighted by atomic mass is 9.75. The lowest BCUT2D eigenvalue weighted by molar-refractivity contribution is -0.0176. The molecule has 2 rings (SSSR count). The van der Waals surface area contributed by atoms with E-state index in [0.717, 1.165) is 12.8 Å². The number of hydrogen-bond donors (Lipinski definition) is 0.